The van der Waals surface area contributed by atoms with Gasteiger partial charge in [-0.3, -0.25) is 4.90 Å². The fraction of sp³-hybridized carbons (Fsp3) is 0.238. The topological polar surface area (TPSA) is 45.8 Å². The van der Waals surface area contributed by atoms with Crippen molar-refractivity contribution >= 4 is 23.2 Å². The van der Waals surface area contributed by atoms with Crippen molar-refractivity contribution in [3.05, 3.63) is 88.0 Å². The number of ether oxygens (including phenoxy) is 1. The summed E-state index contributed by atoms with van der Waals surface area (Å²) < 4.78 is 24.5. The van der Waals surface area contributed by atoms with Gasteiger partial charge >= 0.3 is 0 Å². The van der Waals surface area contributed by atoms with E-state index < -0.39 is 6.10 Å². The van der Waals surface area contributed by atoms with Gasteiger partial charge in [0.25, 0.3) is 0 Å². The van der Waals surface area contributed by atoms with Crippen LogP contribution in [-0.2, 0) is 13.1 Å². The van der Waals surface area contributed by atoms with E-state index >= 15 is 0 Å². The van der Waals surface area contributed by atoms with E-state index in [1.165, 1.54) is 12.1 Å². The molecule has 1 heterocycles. The van der Waals surface area contributed by atoms with E-state index in [9.17, 15) is 9.50 Å². The zero-order valence-corrected chi connectivity index (χ0v) is 16.5. The molecule has 0 amide bonds. The summed E-state index contributed by atoms with van der Waals surface area (Å²) in [7, 11) is 0. The third-order valence-corrected chi connectivity index (χ3v) is 4.58. The van der Waals surface area contributed by atoms with Crippen molar-refractivity contribution in [3.8, 4) is 5.75 Å². The zero-order valence-electron chi connectivity index (χ0n) is 15.0. The Balaban J connectivity index is 1.62. The molecule has 148 valence electrons. The number of benzene rings is 2. The summed E-state index contributed by atoms with van der Waals surface area (Å²) >= 11 is 12.0. The lowest BCUT2D eigenvalue weighted by atomic mass is 10.2. The Morgan fingerprint density at radius 3 is 2.64 bits per heavy atom. The van der Waals surface area contributed by atoms with Crippen molar-refractivity contribution in [2.45, 2.75) is 19.2 Å². The molecule has 0 bridgehead atoms. The lowest BCUT2D eigenvalue weighted by Gasteiger charge is -2.24. The van der Waals surface area contributed by atoms with E-state index in [4.69, 9.17) is 32.4 Å². The molecule has 1 unspecified atom stereocenters. The Morgan fingerprint density at radius 2 is 1.93 bits per heavy atom. The van der Waals surface area contributed by atoms with Crippen molar-refractivity contribution in [1.29, 1.82) is 0 Å². The van der Waals surface area contributed by atoms with Gasteiger partial charge in [-0.25, -0.2) is 4.39 Å². The molecule has 3 rings (SSSR count). The highest BCUT2D eigenvalue weighted by molar-refractivity contribution is 6.35. The van der Waals surface area contributed by atoms with Crippen LogP contribution < -0.4 is 4.74 Å². The summed E-state index contributed by atoms with van der Waals surface area (Å²) in [6, 6.07) is 15.0. The molecule has 0 aliphatic carbocycles. The number of rotatable bonds is 9. The fourth-order valence-corrected chi connectivity index (χ4v) is 3.29. The Morgan fingerprint density at radius 1 is 1.07 bits per heavy atom. The lowest BCUT2D eigenvalue weighted by molar-refractivity contribution is 0.0605. The summed E-state index contributed by atoms with van der Waals surface area (Å²) in [6.07, 6.45) is 0.813. The maximum absolute atomic E-state index is 13.5. The molecular formula is C21H20Cl2FNO3. The number of hydrogen-bond acceptors (Lipinski definition) is 4. The Bertz CT molecular complexity index is 889. The second-order valence-corrected chi connectivity index (χ2v) is 7.26. The molecule has 7 heteroatoms. The van der Waals surface area contributed by atoms with Crippen molar-refractivity contribution in [2.24, 2.45) is 0 Å². The molecule has 1 aromatic heterocycles. The van der Waals surface area contributed by atoms with Gasteiger partial charge in [0.15, 0.2) is 0 Å². The predicted molar refractivity (Wildman–Crippen MR) is 107 cm³/mol. The minimum atomic E-state index is -0.782. The van der Waals surface area contributed by atoms with Crippen LogP contribution in [0.3, 0.4) is 0 Å². The van der Waals surface area contributed by atoms with Crippen molar-refractivity contribution < 1.29 is 18.7 Å². The maximum atomic E-state index is 13.5. The standard InChI is InChI=1S/C21H20Cl2FNO3/c22-16-6-7-21(20(23)10-16)28-14-18(26)12-25(13-19-5-2-8-27-19)11-15-3-1-4-17(24)9-15/h1-10,18,26H,11-14H2. The van der Waals surface area contributed by atoms with Crippen LogP contribution in [0.25, 0.3) is 0 Å². The van der Waals surface area contributed by atoms with Gasteiger partial charge in [-0.1, -0.05) is 35.3 Å². The molecule has 0 aliphatic rings. The summed E-state index contributed by atoms with van der Waals surface area (Å²) in [5, 5.41) is 11.3. The Labute approximate surface area is 173 Å². The first-order valence-electron chi connectivity index (χ1n) is 8.74. The van der Waals surface area contributed by atoms with Crippen LogP contribution >= 0.6 is 23.2 Å². The van der Waals surface area contributed by atoms with Gasteiger partial charge in [0, 0.05) is 18.1 Å². The van der Waals surface area contributed by atoms with E-state index in [0.29, 0.717) is 35.4 Å². The third kappa shape index (κ3) is 6.24. The summed E-state index contributed by atoms with van der Waals surface area (Å²) in [4.78, 5) is 1.96. The smallest absolute Gasteiger partial charge is 0.138 e. The maximum Gasteiger partial charge on any atom is 0.138 e. The van der Waals surface area contributed by atoms with Crippen LogP contribution in [0.2, 0.25) is 10.0 Å². The number of nitrogens with zero attached hydrogens (tertiary/aromatic N) is 1. The molecule has 28 heavy (non-hydrogen) atoms. The molecule has 0 spiro atoms. The van der Waals surface area contributed by atoms with Crippen molar-refractivity contribution in [3.63, 3.8) is 0 Å². The lowest BCUT2D eigenvalue weighted by Crippen LogP contribution is -2.35. The minimum absolute atomic E-state index is 0.0547. The molecule has 0 fully saturated rings. The zero-order chi connectivity index (χ0) is 19.9. The largest absolute Gasteiger partial charge is 0.489 e. The molecule has 1 atom stereocenters. The Hall–Kier alpha value is -2.05. The second-order valence-electron chi connectivity index (χ2n) is 6.42. The number of aliphatic hydroxyl groups is 1. The number of halogens is 3. The van der Waals surface area contributed by atoms with Crippen LogP contribution in [0.15, 0.2) is 65.3 Å². The van der Waals surface area contributed by atoms with Gasteiger partial charge in [0.2, 0.25) is 0 Å². The molecule has 1 N–H and O–H groups in total. The van der Waals surface area contributed by atoms with E-state index in [2.05, 4.69) is 0 Å². The predicted octanol–water partition coefficient (Wildman–Crippen LogP) is 5.17. The normalized spacial score (nSPS) is 12.3. The number of hydrogen-bond donors (Lipinski definition) is 1. The summed E-state index contributed by atoms with van der Waals surface area (Å²) in [5.74, 6) is 0.912. The van der Waals surface area contributed by atoms with Crippen LogP contribution in [0.5, 0.6) is 5.75 Å². The Kier molecular flexibility index (Phi) is 7.34. The monoisotopic (exact) mass is 423 g/mol. The van der Waals surface area contributed by atoms with Gasteiger partial charge < -0.3 is 14.3 Å². The van der Waals surface area contributed by atoms with Gasteiger partial charge in [-0.05, 0) is 48.0 Å². The highest BCUT2D eigenvalue weighted by Gasteiger charge is 2.16. The van der Waals surface area contributed by atoms with E-state index in [1.807, 2.05) is 17.0 Å². The van der Waals surface area contributed by atoms with E-state index in [0.717, 1.165) is 11.3 Å². The highest BCUT2D eigenvalue weighted by Crippen LogP contribution is 2.27. The van der Waals surface area contributed by atoms with Gasteiger partial charge in [-0.2, -0.15) is 0 Å². The first kappa shape index (κ1) is 20.7. The highest BCUT2D eigenvalue weighted by atomic mass is 35.5. The molecule has 4 nitrogen and oxygen atoms in total. The average Bonchev–Trinajstić information content (AvgIpc) is 3.14. The van der Waals surface area contributed by atoms with E-state index in [1.54, 1.807) is 36.6 Å². The van der Waals surface area contributed by atoms with Crippen LogP contribution in [0.1, 0.15) is 11.3 Å². The van der Waals surface area contributed by atoms with Crippen molar-refractivity contribution in [2.75, 3.05) is 13.2 Å². The quantitative estimate of drug-likeness (QED) is 0.515. The summed E-state index contributed by atoms with van der Waals surface area (Å²) in [6.45, 7) is 1.29. The second kappa shape index (κ2) is 9.94. The van der Waals surface area contributed by atoms with Gasteiger partial charge in [-0.15, -0.1) is 0 Å². The fourth-order valence-electron chi connectivity index (χ4n) is 2.83. The molecule has 2 aromatic carbocycles. The molecule has 0 saturated carbocycles. The molecule has 0 aliphatic heterocycles. The van der Waals surface area contributed by atoms with Gasteiger partial charge in [0.1, 0.15) is 30.0 Å². The van der Waals surface area contributed by atoms with Gasteiger partial charge in [0.05, 0.1) is 17.8 Å². The molecule has 0 radical (unpaired) electrons. The average molecular weight is 424 g/mol. The first-order valence-corrected chi connectivity index (χ1v) is 9.50. The third-order valence-electron chi connectivity index (χ3n) is 4.05. The molecule has 3 aromatic rings. The van der Waals surface area contributed by atoms with Crippen LogP contribution in [0, 0.1) is 5.82 Å². The van der Waals surface area contributed by atoms with E-state index in [-0.39, 0.29) is 12.4 Å². The number of furan rings is 1. The first-order chi connectivity index (χ1) is 13.5. The van der Waals surface area contributed by atoms with Crippen LogP contribution in [-0.4, -0.2) is 29.3 Å². The molecular weight excluding hydrogens is 404 g/mol. The summed E-state index contributed by atoms with van der Waals surface area (Å²) in [5.41, 5.74) is 0.806. The molecule has 0 saturated heterocycles. The minimum Gasteiger partial charge on any atom is -0.489 e. The SMILES string of the molecule is OC(COc1ccc(Cl)cc1Cl)CN(Cc1cccc(F)c1)Cc1ccco1. The van der Waals surface area contributed by atoms with Crippen LogP contribution in [0.4, 0.5) is 4.39 Å². The number of aliphatic hydroxyl groups excluding tert-OH is 1. The van der Waals surface area contributed by atoms with Crippen molar-refractivity contribution in [1.82, 2.24) is 4.90 Å².